The summed E-state index contributed by atoms with van der Waals surface area (Å²) in [5, 5.41) is 10.9. The first-order valence-corrected chi connectivity index (χ1v) is 12.7. The van der Waals surface area contributed by atoms with Crippen molar-refractivity contribution >= 4 is 17.3 Å². The standard InChI is InChI=1S/C28H36N6O2/c1-19-5-6-25(34-17-24(18-34)29-3)14-27(19)28(35)31-20(2)21-11-22(23-15-30-32(4)16-23)13-26(12-21)33-7-9-36-10-8-33/h5-6,11-16,20,24,29H,7-10,17-18H2,1-4H3,(H,31,35)/t20-/m1/s1. The fourth-order valence-corrected chi connectivity index (χ4v) is 4.91. The summed E-state index contributed by atoms with van der Waals surface area (Å²) < 4.78 is 7.38. The lowest BCUT2D eigenvalue weighted by molar-refractivity contribution is 0.0939. The molecule has 2 N–H and O–H groups in total. The molecular weight excluding hydrogens is 452 g/mol. The number of benzene rings is 2. The number of aryl methyl sites for hydroxylation is 2. The maximum atomic E-state index is 13.4. The molecule has 36 heavy (non-hydrogen) atoms. The van der Waals surface area contributed by atoms with E-state index in [9.17, 15) is 4.79 Å². The molecule has 3 aromatic rings. The van der Waals surface area contributed by atoms with Crippen molar-refractivity contribution in [3.8, 4) is 11.1 Å². The number of carbonyl (C=O) groups excluding carboxylic acids is 1. The highest BCUT2D eigenvalue weighted by Crippen LogP contribution is 2.31. The summed E-state index contributed by atoms with van der Waals surface area (Å²) in [7, 11) is 3.92. The van der Waals surface area contributed by atoms with Gasteiger partial charge in [-0.15, -0.1) is 0 Å². The van der Waals surface area contributed by atoms with Crippen LogP contribution in [0, 0.1) is 6.92 Å². The minimum Gasteiger partial charge on any atom is -0.378 e. The molecule has 2 fully saturated rings. The highest BCUT2D eigenvalue weighted by Gasteiger charge is 2.26. The van der Waals surface area contributed by atoms with Gasteiger partial charge in [-0.25, -0.2) is 0 Å². The van der Waals surface area contributed by atoms with E-state index in [0.717, 1.165) is 78.6 Å². The highest BCUT2D eigenvalue weighted by atomic mass is 16.5. The van der Waals surface area contributed by atoms with E-state index in [1.807, 2.05) is 50.2 Å². The molecule has 0 unspecified atom stereocenters. The molecule has 1 aromatic heterocycles. The van der Waals surface area contributed by atoms with Crippen molar-refractivity contribution in [3.63, 3.8) is 0 Å². The zero-order chi connectivity index (χ0) is 25.2. The summed E-state index contributed by atoms with van der Waals surface area (Å²) in [6.45, 7) is 9.12. The number of hydrogen-bond donors (Lipinski definition) is 2. The van der Waals surface area contributed by atoms with Gasteiger partial charge in [0.2, 0.25) is 0 Å². The van der Waals surface area contributed by atoms with Crippen LogP contribution in [0.2, 0.25) is 0 Å². The maximum absolute atomic E-state index is 13.4. The zero-order valence-electron chi connectivity index (χ0n) is 21.6. The van der Waals surface area contributed by atoms with Crippen LogP contribution < -0.4 is 20.4 Å². The van der Waals surface area contributed by atoms with Crippen molar-refractivity contribution < 1.29 is 9.53 Å². The van der Waals surface area contributed by atoms with Crippen LogP contribution in [0.4, 0.5) is 11.4 Å². The summed E-state index contributed by atoms with van der Waals surface area (Å²) in [5.41, 5.74) is 7.17. The molecule has 2 saturated heterocycles. The molecule has 1 atom stereocenters. The Balaban J connectivity index is 1.39. The second-order valence-electron chi connectivity index (χ2n) is 9.90. The summed E-state index contributed by atoms with van der Waals surface area (Å²) in [6, 6.07) is 13.1. The third-order valence-corrected chi connectivity index (χ3v) is 7.32. The Hall–Kier alpha value is -3.36. The fraction of sp³-hybridized carbons (Fsp3) is 0.429. The first-order valence-electron chi connectivity index (χ1n) is 12.7. The largest absolute Gasteiger partial charge is 0.378 e. The van der Waals surface area contributed by atoms with E-state index in [0.29, 0.717) is 6.04 Å². The maximum Gasteiger partial charge on any atom is 0.252 e. The van der Waals surface area contributed by atoms with E-state index in [4.69, 9.17) is 4.74 Å². The van der Waals surface area contributed by atoms with Crippen molar-refractivity contribution in [1.29, 1.82) is 0 Å². The fourth-order valence-electron chi connectivity index (χ4n) is 4.91. The first kappa shape index (κ1) is 24.3. The number of ether oxygens (including phenoxy) is 1. The Morgan fingerprint density at radius 2 is 1.83 bits per heavy atom. The number of amides is 1. The number of rotatable bonds is 7. The van der Waals surface area contributed by atoms with Crippen LogP contribution in [0.25, 0.3) is 11.1 Å². The van der Waals surface area contributed by atoms with Crippen molar-refractivity contribution in [2.75, 3.05) is 56.2 Å². The lowest BCUT2D eigenvalue weighted by atomic mass is 9.99. The lowest BCUT2D eigenvalue weighted by Crippen LogP contribution is -2.57. The molecule has 2 aliphatic heterocycles. The topological polar surface area (TPSA) is 74.7 Å². The quantitative estimate of drug-likeness (QED) is 0.532. The average Bonchev–Trinajstić information content (AvgIpc) is 3.31. The minimum absolute atomic E-state index is 0.0488. The number of aromatic nitrogens is 2. The number of morpholine rings is 1. The van der Waals surface area contributed by atoms with Gasteiger partial charge in [0.1, 0.15) is 0 Å². The van der Waals surface area contributed by atoms with Crippen molar-refractivity contribution in [2.45, 2.75) is 25.9 Å². The molecule has 0 spiro atoms. The van der Waals surface area contributed by atoms with E-state index in [1.165, 1.54) is 0 Å². The van der Waals surface area contributed by atoms with Crippen LogP contribution in [0.15, 0.2) is 48.8 Å². The lowest BCUT2D eigenvalue weighted by Gasteiger charge is -2.41. The Morgan fingerprint density at radius 3 is 2.53 bits per heavy atom. The molecule has 190 valence electrons. The molecule has 1 amide bonds. The number of likely N-dealkylation sites (N-methyl/N-ethyl adjacent to an activating group) is 1. The van der Waals surface area contributed by atoms with Gasteiger partial charge in [0.05, 0.1) is 25.5 Å². The number of anilines is 2. The average molecular weight is 489 g/mol. The van der Waals surface area contributed by atoms with Gasteiger partial charge in [-0.1, -0.05) is 6.07 Å². The van der Waals surface area contributed by atoms with Crippen molar-refractivity contribution in [1.82, 2.24) is 20.4 Å². The molecule has 0 radical (unpaired) electrons. The van der Waals surface area contributed by atoms with Crippen LogP contribution in [0.5, 0.6) is 0 Å². The van der Waals surface area contributed by atoms with Crippen LogP contribution in [0.3, 0.4) is 0 Å². The van der Waals surface area contributed by atoms with E-state index in [-0.39, 0.29) is 11.9 Å². The van der Waals surface area contributed by atoms with Crippen LogP contribution in [-0.4, -0.2) is 68.2 Å². The van der Waals surface area contributed by atoms with Gasteiger partial charge in [0, 0.05) is 68.0 Å². The molecule has 8 heteroatoms. The smallest absolute Gasteiger partial charge is 0.252 e. The van der Waals surface area contributed by atoms with E-state index in [1.54, 1.807) is 0 Å². The second kappa shape index (κ2) is 10.3. The Kier molecular flexibility index (Phi) is 6.98. The molecule has 0 aliphatic carbocycles. The van der Waals surface area contributed by atoms with Gasteiger partial charge in [-0.05, 0) is 67.9 Å². The van der Waals surface area contributed by atoms with Crippen molar-refractivity contribution in [3.05, 3.63) is 65.5 Å². The number of carbonyl (C=O) groups is 1. The Bertz CT molecular complexity index is 1230. The van der Waals surface area contributed by atoms with Gasteiger partial charge < -0.3 is 25.2 Å². The monoisotopic (exact) mass is 488 g/mol. The number of nitrogens with zero attached hydrogens (tertiary/aromatic N) is 4. The minimum atomic E-state index is -0.158. The van der Waals surface area contributed by atoms with Crippen LogP contribution >= 0.6 is 0 Å². The molecule has 0 saturated carbocycles. The SMILES string of the molecule is CNC1CN(c2ccc(C)c(C(=O)N[C@H](C)c3cc(-c4cnn(C)c4)cc(N4CCOCC4)c3)c2)C1. The molecule has 2 aromatic carbocycles. The second-order valence-corrected chi connectivity index (χ2v) is 9.90. The van der Waals surface area contributed by atoms with Gasteiger partial charge in [-0.2, -0.15) is 5.10 Å². The third-order valence-electron chi connectivity index (χ3n) is 7.32. The Labute approximate surface area is 213 Å². The van der Waals surface area contributed by atoms with Gasteiger partial charge >= 0.3 is 0 Å². The van der Waals surface area contributed by atoms with Gasteiger partial charge in [-0.3, -0.25) is 9.48 Å². The zero-order valence-corrected chi connectivity index (χ0v) is 21.6. The summed E-state index contributed by atoms with van der Waals surface area (Å²) >= 11 is 0. The predicted molar refractivity (Wildman–Crippen MR) is 144 cm³/mol. The molecule has 8 nitrogen and oxygen atoms in total. The van der Waals surface area contributed by atoms with E-state index < -0.39 is 0 Å². The number of hydrogen-bond acceptors (Lipinski definition) is 6. The molecular formula is C28H36N6O2. The predicted octanol–water partition coefficient (Wildman–Crippen LogP) is 3.13. The summed E-state index contributed by atoms with van der Waals surface area (Å²) in [5.74, 6) is -0.0488. The third kappa shape index (κ3) is 5.10. The van der Waals surface area contributed by atoms with E-state index in [2.05, 4.69) is 56.7 Å². The van der Waals surface area contributed by atoms with E-state index >= 15 is 0 Å². The normalized spacial score (nSPS) is 17.1. The first-order chi connectivity index (χ1) is 17.4. The van der Waals surface area contributed by atoms with Crippen LogP contribution in [0.1, 0.15) is 34.5 Å². The number of nitrogens with one attached hydrogen (secondary N) is 2. The van der Waals surface area contributed by atoms with Crippen molar-refractivity contribution in [2.24, 2.45) is 7.05 Å². The van der Waals surface area contributed by atoms with Crippen LogP contribution in [-0.2, 0) is 11.8 Å². The summed E-state index contributed by atoms with van der Waals surface area (Å²) in [4.78, 5) is 18.1. The van der Waals surface area contributed by atoms with Gasteiger partial charge in [0.15, 0.2) is 0 Å². The molecule has 3 heterocycles. The Morgan fingerprint density at radius 1 is 1.06 bits per heavy atom. The highest BCUT2D eigenvalue weighted by molar-refractivity contribution is 5.97. The van der Waals surface area contributed by atoms with Gasteiger partial charge in [0.25, 0.3) is 5.91 Å². The molecule has 2 aliphatic rings. The molecule has 5 rings (SSSR count). The summed E-state index contributed by atoms with van der Waals surface area (Å²) in [6.07, 6.45) is 3.91. The molecule has 0 bridgehead atoms.